The number of anilines is 2. The van der Waals surface area contributed by atoms with Gasteiger partial charge in [0, 0.05) is 12.1 Å². The van der Waals surface area contributed by atoms with Gasteiger partial charge in [0.05, 0.1) is 25.4 Å². The third-order valence-corrected chi connectivity index (χ3v) is 5.01. The summed E-state index contributed by atoms with van der Waals surface area (Å²) in [6.07, 6.45) is 0. The molecule has 0 aliphatic rings. The Labute approximate surface area is 136 Å². The normalized spacial score (nSPS) is 11.2. The van der Waals surface area contributed by atoms with Crippen LogP contribution in [0.4, 0.5) is 20.3 Å². The molecule has 0 bridgehead atoms. The number of nitrogens with one attached hydrogen (secondary N) is 1. The SMILES string of the molecule is O=[N+]([O-])c1ccc2nc(Nc3nc4ccc(F)cc4s3)sc2c1. The Hall–Kier alpha value is -2.65. The summed E-state index contributed by atoms with van der Waals surface area (Å²) in [5, 5.41) is 15.1. The molecule has 0 saturated carbocycles. The number of nitro groups is 1. The van der Waals surface area contributed by atoms with E-state index in [4.69, 9.17) is 0 Å². The summed E-state index contributed by atoms with van der Waals surface area (Å²) < 4.78 is 14.7. The zero-order valence-corrected chi connectivity index (χ0v) is 12.9. The van der Waals surface area contributed by atoms with Crippen LogP contribution in [0.2, 0.25) is 0 Å². The molecule has 9 heteroatoms. The maximum Gasteiger partial charge on any atom is 0.270 e. The Kier molecular flexibility index (Phi) is 3.17. The molecule has 4 rings (SSSR count). The second-order valence-electron chi connectivity index (χ2n) is 4.68. The van der Waals surface area contributed by atoms with Crippen LogP contribution in [0.3, 0.4) is 0 Å². The fourth-order valence-electron chi connectivity index (χ4n) is 2.12. The zero-order chi connectivity index (χ0) is 16.0. The molecule has 6 nitrogen and oxygen atoms in total. The molecule has 2 aromatic carbocycles. The Bertz CT molecular complexity index is 1060. The molecule has 114 valence electrons. The van der Waals surface area contributed by atoms with Gasteiger partial charge in [0.25, 0.3) is 5.69 Å². The van der Waals surface area contributed by atoms with Crippen LogP contribution < -0.4 is 5.32 Å². The number of hydrogen-bond acceptors (Lipinski definition) is 7. The molecule has 0 aliphatic carbocycles. The summed E-state index contributed by atoms with van der Waals surface area (Å²) in [7, 11) is 0. The number of rotatable bonds is 3. The number of halogens is 1. The van der Waals surface area contributed by atoms with E-state index in [1.807, 2.05) is 0 Å². The summed E-state index contributed by atoms with van der Waals surface area (Å²) in [6.45, 7) is 0. The summed E-state index contributed by atoms with van der Waals surface area (Å²) in [5.41, 5.74) is 1.41. The minimum absolute atomic E-state index is 0.0307. The van der Waals surface area contributed by atoms with Gasteiger partial charge in [0.2, 0.25) is 0 Å². The van der Waals surface area contributed by atoms with E-state index in [9.17, 15) is 14.5 Å². The van der Waals surface area contributed by atoms with Gasteiger partial charge in [0.1, 0.15) is 5.82 Å². The van der Waals surface area contributed by atoms with Crippen molar-refractivity contribution in [2.45, 2.75) is 0 Å². The number of nitro benzene ring substituents is 1. The van der Waals surface area contributed by atoms with Gasteiger partial charge in [-0.3, -0.25) is 10.1 Å². The van der Waals surface area contributed by atoms with Crippen LogP contribution in [0.25, 0.3) is 20.4 Å². The van der Waals surface area contributed by atoms with Crippen LogP contribution in [0.1, 0.15) is 0 Å². The summed E-state index contributed by atoms with van der Waals surface area (Å²) >= 11 is 2.62. The van der Waals surface area contributed by atoms with Crippen LogP contribution in [-0.2, 0) is 0 Å². The van der Waals surface area contributed by atoms with E-state index in [0.717, 1.165) is 4.70 Å². The Morgan fingerprint density at radius 3 is 2.26 bits per heavy atom. The molecule has 1 N–H and O–H groups in total. The molecule has 0 spiro atoms. The molecular formula is C14H7FN4O2S2. The molecule has 0 atom stereocenters. The number of nitrogens with zero attached hydrogens (tertiary/aromatic N) is 3. The van der Waals surface area contributed by atoms with Crippen molar-refractivity contribution in [2.75, 3.05) is 5.32 Å². The van der Waals surface area contributed by atoms with Crippen LogP contribution in [0.5, 0.6) is 0 Å². The average Bonchev–Trinajstić information content (AvgIpc) is 3.08. The molecule has 2 heterocycles. The van der Waals surface area contributed by atoms with Crippen molar-refractivity contribution in [3.63, 3.8) is 0 Å². The van der Waals surface area contributed by atoms with Gasteiger partial charge in [-0.15, -0.1) is 0 Å². The lowest BCUT2D eigenvalue weighted by molar-refractivity contribution is -0.384. The molecule has 4 aromatic rings. The van der Waals surface area contributed by atoms with E-state index in [0.29, 0.717) is 26.0 Å². The van der Waals surface area contributed by atoms with E-state index in [2.05, 4.69) is 15.3 Å². The minimum Gasteiger partial charge on any atom is -0.307 e. The largest absolute Gasteiger partial charge is 0.307 e. The maximum absolute atomic E-state index is 13.2. The van der Waals surface area contributed by atoms with Crippen molar-refractivity contribution in [3.05, 3.63) is 52.3 Å². The molecule has 2 aromatic heterocycles. The third-order valence-electron chi connectivity index (χ3n) is 3.15. The highest BCUT2D eigenvalue weighted by Gasteiger charge is 2.12. The monoisotopic (exact) mass is 346 g/mol. The first-order valence-electron chi connectivity index (χ1n) is 6.46. The van der Waals surface area contributed by atoms with Gasteiger partial charge in [-0.05, 0) is 24.3 Å². The number of thiazole rings is 2. The number of hydrogen-bond donors (Lipinski definition) is 1. The number of non-ortho nitro benzene ring substituents is 1. The van der Waals surface area contributed by atoms with E-state index >= 15 is 0 Å². The molecule has 0 radical (unpaired) electrons. The molecule has 0 fully saturated rings. The lowest BCUT2D eigenvalue weighted by Gasteiger charge is -1.93. The molecule has 0 aliphatic heterocycles. The van der Waals surface area contributed by atoms with E-state index in [-0.39, 0.29) is 11.5 Å². The van der Waals surface area contributed by atoms with Crippen LogP contribution in [-0.4, -0.2) is 14.9 Å². The second kappa shape index (κ2) is 5.21. The van der Waals surface area contributed by atoms with Crippen molar-refractivity contribution >= 4 is 59.1 Å². The number of aromatic nitrogens is 2. The average molecular weight is 346 g/mol. The van der Waals surface area contributed by atoms with E-state index in [1.165, 1.54) is 46.9 Å². The Morgan fingerprint density at radius 2 is 1.61 bits per heavy atom. The molecular weight excluding hydrogens is 339 g/mol. The number of fused-ring (bicyclic) bond motifs is 2. The topological polar surface area (TPSA) is 81.0 Å². The van der Waals surface area contributed by atoms with Crippen molar-refractivity contribution in [1.29, 1.82) is 0 Å². The highest BCUT2D eigenvalue weighted by molar-refractivity contribution is 7.24. The van der Waals surface area contributed by atoms with Crippen molar-refractivity contribution in [2.24, 2.45) is 0 Å². The molecule has 0 unspecified atom stereocenters. The first-order chi connectivity index (χ1) is 11.1. The highest BCUT2D eigenvalue weighted by atomic mass is 32.1. The second-order valence-corrected chi connectivity index (χ2v) is 6.75. The predicted molar refractivity (Wildman–Crippen MR) is 89.1 cm³/mol. The van der Waals surface area contributed by atoms with E-state index < -0.39 is 4.92 Å². The van der Waals surface area contributed by atoms with Crippen molar-refractivity contribution in [1.82, 2.24) is 9.97 Å². The van der Waals surface area contributed by atoms with Gasteiger partial charge >= 0.3 is 0 Å². The van der Waals surface area contributed by atoms with Crippen LogP contribution in [0, 0.1) is 15.9 Å². The van der Waals surface area contributed by atoms with Crippen LogP contribution in [0.15, 0.2) is 36.4 Å². The van der Waals surface area contributed by atoms with Gasteiger partial charge in [-0.1, -0.05) is 22.7 Å². The predicted octanol–water partition coefficient (Wildman–Crippen LogP) is 4.70. The van der Waals surface area contributed by atoms with Gasteiger partial charge < -0.3 is 5.32 Å². The number of benzene rings is 2. The molecule has 0 amide bonds. The smallest absolute Gasteiger partial charge is 0.270 e. The van der Waals surface area contributed by atoms with Gasteiger partial charge in [0.15, 0.2) is 10.3 Å². The zero-order valence-electron chi connectivity index (χ0n) is 11.3. The van der Waals surface area contributed by atoms with E-state index in [1.54, 1.807) is 12.1 Å². The fraction of sp³-hybridized carbons (Fsp3) is 0. The fourth-order valence-corrected chi connectivity index (χ4v) is 3.98. The van der Waals surface area contributed by atoms with Gasteiger partial charge in [-0.25, -0.2) is 14.4 Å². The minimum atomic E-state index is -0.436. The Balaban J connectivity index is 1.69. The van der Waals surface area contributed by atoms with Crippen molar-refractivity contribution < 1.29 is 9.31 Å². The third kappa shape index (κ3) is 2.60. The Morgan fingerprint density at radius 1 is 1.00 bits per heavy atom. The first-order valence-corrected chi connectivity index (χ1v) is 8.10. The van der Waals surface area contributed by atoms with Gasteiger partial charge in [-0.2, -0.15) is 0 Å². The first kappa shape index (κ1) is 14.0. The standard InChI is InChI=1S/C14H7FN4O2S2/c15-7-1-3-9-11(5-7)22-13(16-9)18-14-17-10-4-2-8(19(20)21)6-12(10)23-14/h1-6H,(H,16,17,18). The highest BCUT2D eigenvalue weighted by Crippen LogP contribution is 2.33. The quantitative estimate of drug-likeness (QED) is 0.430. The van der Waals surface area contributed by atoms with Crippen molar-refractivity contribution in [3.8, 4) is 0 Å². The lowest BCUT2D eigenvalue weighted by Crippen LogP contribution is -1.87. The summed E-state index contributed by atoms with van der Waals surface area (Å²) in [5.74, 6) is -0.306. The lowest BCUT2D eigenvalue weighted by atomic mass is 10.3. The maximum atomic E-state index is 13.2. The van der Waals surface area contributed by atoms with Crippen LogP contribution >= 0.6 is 22.7 Å². The summed E-state index contributed by atoms with van der Waals surface area (Å²) in [4.78, 5) is 19.1. The summed E-state index contributed by atoms with van der Waals surface area (Å²) in [6, 6.07) is 8.94. The molecule has 0 saturated heterocycles. The molecule has 23 heavy (non-hydrogen) atoms.